The minimum absolute atomic E-state index is 0.329. The summed E-state index contributed by atoms with van der Waals surface area (Å²) in [6.07, 6.45) is 5.05. The Labute approximate surface area is 155 Å². The van der Waals surface area contributed by atoms with E-state index in [4.69, 9.17) is 14.7 Å². The number of thioether (sulfide) groups is 1. The molecule has 25 heavy (non-hydrogen) atoms. The number of ether oxygens (including phenoxy) is 1. The maximum Gasteiger partial charge on any atom is 0.242 e. The van der Waals surface area contributed by atoms with E-state index in [1.54, 1.807) is 23.1 Å². The minimum Gasteiger partial charge on any atom is -0.470 e. The van der Waals surface area contributed by atoms with Crippen LogP contribution in [-0.2, 0) is 0 Å². The third-order valence-electron chi connectivity index (χ3n) is 3.69. The van der Waals surface area contributed by atoms with Gasteiger partial charge in [0.2, 0.25) is 5.88 Å². The van der Waals surface area contributed by atoms with Crippen LogP contribution in [-0.4, -0.2) is 20.6 Å². The summed E-state index contributed by atoms with van der Waals surface area (Å²) in [6, 6.07) is 7.92. The average molecular weight is 370 g/mol. The highest BCUT2D eigenvalue weighted by Crippen LogP contribution is 2.49. The van der Waals surface area contributed by atoms with Gasteiger partial charge >= 0.3 is 0 Å². The summed E-state index contributed by atoms with van der Waals surface area (Å²) in [6.45, 7) is 6.09. The van der Waals surface area contributed by atoms with Gasteiger partial charge < -0.3 is 4.74 Å². The maximum atomic E-state index is 6.14. The van der Waals surface area contributed by atoms with Gasteiger partial charge in [-0.05, 0) is 39.3 Å². The van der Waals surface area contributed by atoms with Gasteiger partial charge in [0.1, 0.15) is 16.3 Å². The Balaban J connectivity index is 1.73. The number of allylic oxidation sites excluding steroid dienone is 1. The molecule has 0 spiro atoms. The first kappa shape index (κ1) is 16.5. The van der Waals surface area contributed by atoms with Gasteiger partial charge in [-0.1, -0.05) is 18.2 Å². The molecule has 0 bridgehead atoms. The SMILES string of the molecule is CC(C)(C)Oc1nc2ccccc2nc1C1=CCC(c2nccs2)S1. The van der Waals surface area contributed by atoms with Gasteiger partial charge in [-0.2, -0.15) is 0 Å². The molecule has 3 heterocycles. The third kappa shape index (κ3) is 3.55. The molecule has 4 rings (SSSR count). The molecule has 1 aromatic carbocycles. The molecule has 2 aromatic heterocycles. The zero-order valence-corrected chi connectivity index (χ0v) is 16.0. The molecule has 1 atom stereocenters. The maximum absolute atomic E-state index is 6.14. The van der Waals surface area contributed by atoms with E-state index in [2.05, 4.69) is 11.1 Å². The van der Waals surface area contributed by atoms with Gasteiger partial charge in [-0.3, -0.25) is 0 Å². The van der Waals surface area contributed by atoms with Crippen LogP contribution in [0.3, 0.4) is 0 Å². The summed E-state index contributed by atoms with van der Waals surface area (Å²) in [5.74, 6) is 0.602. The monoisotopic (exact) mass is 369 g/mol. The van der Waals surface area contributed by atoms with Crippen LogP contribution in [0.15, 0.2) is 41.9 Å². The van der Waals surface area contributed by atoms with Gasteiger partial charge in [0.05, 0.1) is 16.3 Å². The number of aromatic nitrogens is 3. The van der Waals surface area contributed by atoms with Crippen LogP contribution in [0.4, 0.5) is 0 Å². The molecule has 4 nitrogen and oxygen atoms in total. The van der Waals surface area contributed by atoms with Crippen molar-refractivity contribution in [3.63, 3.8) is 0 Å². The van der Waals surface area contributed by atoms with Crippen LogP contribution in [0, 0.1) is 0 Å². The fourth-order valence-electron chi connectivity index (χ4n) is 2.67. The van der Waals surface area contributed by atoms with Gasteiger partial charge in [0, 0.05) is 16.5 Å². The van der Waals surface area contributed by atoms with Gasteiger partial charge in [0.15, 0.2) is 0 Å². The molecule has 1 aliphatic rings. The molecule has 0 saturated heterocycles. The summed E-state index contributed by atoms with van der Waals surface area (Å²) in [7, 11) is 0. The fraction of sp³-hybridized carbons (Fsp3) is 0.316. The molecule has 128 valence electrons. The predicted octanol–water partition coefficient (Wildman–Crippen LogP) is 5.48. The van der Waals surface area contributed by atoms with Crippen molar-refractivity contribution in [3.05, 3.63) is 52.6 Å². The second-order valence-corrected chi connectivity index (χ2v) is 9.03. The molecule has 0 radical (unpaired) electrons. The zero-order chi connectivity index (χ0) is 17.4. The first-order valence-electron chi connectivity index (χ1n) is 8.22. The lowest BCUT2D eigenvalue weighted by Crippen LogP contribution is -2.24. The predicted molar refractivity (Wildman–Crippen MR) is 105 cm³/mol. The first-order valence-corrected chi connectivity index (χ1v) is 9.98. The second-order valence-electron chi connectivity index (χ2n) is 6.86. The van der Waals surface area contributed by atoms with Crippen molar-refractivity contribution >= 4 is 39.0 Å². The average Bonchev–Trinajstić information content (AvgIpc) is 3.24. The van der Waals surface area contributed by atoms with Crippen molar-refractivity contribution in [1.29, 1.82) is 0 Å². The van der Waals surface area contributed by atoms with Crippen molar-refractivity contribution < 1.29 is 4.74 Å². The fourth-order valence-corrected chi connectivity index (χ4v) is 4.71. The van der Waals surface area contributed by atoms with Crippen LogP contribution in [0.25, 0.3) is 15.9 Å². The van der Waals surface area contributed by atoms with Crippen LogP contribution < -0.4 is 4.74 Å². The highest BCUT2D eigenvalue weighted by molar-refractivity contribution is 8.08. The van der Waals surface area contributed by atoms with E-state index < -0.39 is 0 Å². The summed E-state index contributed by atoms with van der Waals surface area (Å²) in [5.41, 5.74) is 2.24. The van der Waals surface area contributed by atoms with E-state index in [1.807, 2.05) is 56.6 Å². The smallest absolute Gasteiger partial charge is 0.242 e. The number of thiazole rings is 1. The number of fused-ring (bicyclic) bond motifs is 1. The van der Waals surface area contributed by atoms with Crippen molar-refractivity contribution in [2.75, 3.05) is 0 Å². The quantitative estimate of drug-likeness (QED) is 0.611. The summed E-state index contributed by atoms with van der Waals surface area (Å²) >= 11 is 3.50. The van der Waals surface area contributed by atoms with E-state index in [1.165, 1.54) is 0 Å². The molecular weight excluding hydrogens is 350 g/mol. The number of rotatable bonds is 3. The highest BCUT2D eigenvalue weighted by atomic mass is 32.2. The lowest BCUT2D eigenvalue weighted by molar-refractivity contribution is 0.123. The minimum atomic E-state index is -0.329. The number of nitrogens with zero attached hydrogens (tertiary/aromatic N) is 3. The molecule has 0 aliphatic carbocycles. The van der Waals surface area contributed by atoms with E-state index >= 15 is 0 Å². The molecule has 1 unspecified atom stereocenters. The number of benzene rings is 1. The Morgan fingerprint density at radius 3 is 2.56 bits per heavy atom. The molecule has 0 amide bonds. The van der Waals surface area contributed by atoms with E-state index in [9.17, 15) is 0 Å². The third-order valence-corrected chi connectivity index (χ3v) is 6.04. The molecule has 0 fully saturated rings. The van der Waals surface area contributed by atoms with Crippen LogP contribution >= 0.6 is 23.1 Å². The Kier molecular flexibility index (Phi) is 4.25. The molecule has 6 heteroatoms. The van der Waals surface area contributed by atoms with Crippen molar-refractivity contribution in [2.45, 2.75) is 38.0 Å². The van der Waals surface area contributed by atoms with Gasteiger partial charge in [-0.15, -0.1) is 23.1 Å². The molecule has 3 aromatic rings. The van der Waals surface area contributed by atoms with E-state index in [0.717, 1.165) is 33.1 Å². The Morgan fingerprint density at radius 2 is 1.88 bits per heavy atom. The molecule has 1 aliphatic heterocycles. The summed E-state index contributed by atoms with van der Waals surface area (Å²) < 4.78 is 6.14. The number of hydrogen-bond acceptors (Lipinski definition) is 6. The Hall–Kier alpha value is -1.92. The van der Waals surface area contributed by atoms with Crippen molar-refractivity contribution in [3.8, 4) is 5.88 Å². The standard InChI is InChI=1S/C19H19N3OS2/c1-19(2,3)23-17-16(21-12-6-4-5-7-13(12)22-17)14-8-9-15(25-14)18-20-10-11-24-18/h4-8,10-11,15H,9H2,1-3H3. The van der Waals surface area contributed by atoms with Crippen molar-refractivity contribution in [1.82, 2.24) is 15.0 Å². The largest absolute Gasteiger partial charge is 0.470 e. The zero-order valence-electron chi connectivity index (χ0n) is 14.4. The normalized spacial score (nSPS) is 17.7. The van der Waals surface area contributed by atoms with E-state index in [-0.39, 0.29) is 5.60 Å². The first-order chi connectivity index (χ1) is 12.0. The molecule has 0 saturated carbocycles. The lowest BCUT2D eigenvalue weighted by Gasteiger charge is -2.22. The van der Waals surface area contributed by atoms with Gasteiger partial charge in [-0.25, -0.2) is 15.0 Å². The number of hydrogen-bond donors (Lipinski definition) is 0. The molecule has 0 N–H and O–H groups in total. The highest BCUT2D eigenvalue weighted by Gasteiger charge is 2.27. The Bertz CT molecular complexity index is 929. The van der Waals surface area contributed by atoms with Crippen molar-refractivity contribution in [2.24, 2.45) is 0 Å². The number of para-hydroxylation sites is 2. The van der Waals surface area contributed by atoms with Crippen LogP contribution in [0.2, 0.25) is 0 Å². The summed E-state index contributed by atoms with van der Waals surface area (Å²) in [4.78, 5) is 15.2. The van der Waals surface area contributed by atoms with E-state index in [0.29, 0.717) is 11.1 Å². The lowest BCUT2D eigenvalue weighted by atomic mass is 10.2. The van der Waals surface area contributed by atoms with Crippen LogP contribution in [0.1, 0.15) is 43.1 Å². The second kappa shape index (κ2) is 6.42. The van der Waals surface area contributed by atoms with Gasteiger partial charge in [0.25, 0.3) is 0 Å². The molecular formula is C19H19N3OS2. The van der Waals surface area contributed by atoms with Crippen LogP contribution in [0.5, 0.6) is 5.88 Å². The Morgan fingerprint density at radius 1 is 1.12 bits per heavy atom. The topological polar surface area (TPSA) is 47.9 Å². The summed E-state index contributed by atoms with van der Waals surface area (Å²) in [5, 5.41) is 3.53.